The highest BCUT2D eigenvalue weighted by atomic mass is 35.5. The number of hydrogen-bond acceptors (Lipinski definition) is 4. The highest BCUT2D eigenvalue weighted by Gasteiger charge is 2.49. The number of benzene rings is 2. The summed E-state index contributed by atoms with van der Waals surface area (Å²) in [4.78, 5) is -1.00. The molecular formula is C16H11ClF4O4S. The topological polar surface area (TPSA) is 63.6 Å². The summed E-state index contributed by atoms with van der Waals surface area (Å²) in [5.41, 5.74) is -5.72. The molecule has 26 heavy (non-hydrogen) atoms. The fourth-order valence-electron chi connectivity index (χ4n) is 2.84. The zero-order valence-electron chi connectivity index (χ0n) is 12.8. The molecule has 0 radical (unpaired) electrons. The van der Waals surface area contributed by atoms with Gasteiger partial charge in [0.05, 0.1) is 11.0 Å². The van der Waals surface area contributed by atoms with Crippen molar-refractivity contribution in [3.63, 3.8) is 0 Å². The van der Waals surface area contributed by atoms with Gasteiger partial charge < -0.3 is 9.84 Å². The standard InChI is InChI=1S/C16H11ClF4O4S/c17-8-5-9(18)7-10(6-8)25-13-3-4-14(26(23,24)16(19,20)21)15-11(13)1-2-12(15)22/h3-7,12,22H,1-2H2. The van der Waals surface area contributed by atoms with Crippen molar-refractivity contribution in [3.05, 3.63) is 52.3 Å². The van der Waals surface area contributed by atoms with Crippen LogP contribution in [-0.2, 0) is 16.3 Å². The molecule has 1 unspecified atom stereocenters. The van der Waals surface area contributed by atoms with Gasteiger partial charge in [-0.05, 0) is 37.1 Å². The molecule has 4 nitrogen and oxygen atoms in total. The van der Waals surface area contributed by atoms with Gasteiger partial charge in [-0.1, -0.05) is 11.6 Å². The molecule has 0 aliphatic heterocycles. The van der Waals surface area contributed by atoms with E-state index in [1.165, 1.54) is 6.07 Å². The first kappa shape index (κ1) is 18.9. The maximum absolute atomic E-state index is 13.4. The summed E-state index contributed by atoms with van der Waals surface area (Å²) in [6, 6.07) is 5.13. The summed E-state index contributed by atoms with van der Waals surface area (Å²) in [5.74, 6) is -0.662. The molecular weight excluding hydrogens is 400 g/mol. The van der Waals surface area contributed by atoms with Crippen LogP contribution >= 0.6 is 11.6 Å². The quantitative estimate of drug-likeness (QED) is 0.754. The normalized spacial score (nSPS) is 17.2. The van der Waals surface area contributed by atoms with Gasteiger partial charge in [-0.2, -0.15) is 13.2 Å². The first-order chi connectivity index (χ1) is 12.0. The Bertz CT molecular complexity index is 953. The second kappa shape index (κ2) is 6.40. The number of hydrogen-bond donors (Lipinski definition) is 1. The zero-order chi connectivity index (χ0) is 19.3. The fourth-order valence-corrected chi connectivity index (χ4v) is 4.10. The second-order valence-electron chi connectivity index (χ2n) is 5.66. The van der Waals surface area contributed by atoms with Crippen molar-refractivity contribution in [1.82, 2.24) is 0 Å². The smallest absolute Gasteiger partial charge is 0.457 e. The minimum atomic E-state index is -5.63. The minimum absolute atomic E-state index is 0.00924. The predicted molar refractivity (Wildman–Crippen MR) is 84.4 cm³/mol. The molecule has 0 spiro atoms. The summed E-state index contributed by atoms with van der Waals surface area (Å²) >= 11 is 5.73. The Hall–Kier alpha value is -1.84. The van der Waals surface area contributed by atoms with Crippen molar-refractivity contribution in [1.29, 1.82) is 0 Å². The molecule has 0 saturated carbocycles. The lowest BCUT2D eigenvalue weighted by Crippen LogP contribution is -2.24. The average molecular weight is 411 g/mol. The lowest BCUT2D eigenvalue weighted by atomic mass is 10.1. The SMILES string of the molecule is O=S(=O)(c1ccc(Oc2cc(F)cc(Cl)c2)c2c1C(O)CC2)C(F)(F)F. The predicted octanol–water partition coefficient (Wildman–Crippen LogP) is 4.54. The number of aliphatic hydroxyl groups is 1. The average Bonchev–Trinajstić information content (AvgIpc) is 2.88. The van der Waals surface area contributed by atoms with E-state index in [1.807, 2.05) is 0 Å². The molecule has 0 fully saturated rings. The van der Waals surface area contributed by atoms with Crippen LogP contribution in [0.25, 0.3) is 0 Å². The van der Waals surface area contributed by atoms with Crippen molar-refractivity contribution in [2.45, 2.75) is 29.3 Å². The summed E-state index contributed by atoms with van der Waals surface area (Å²) in [7, 11) is -5.63. The van der Waals surface area contributed by atoms with E-state index >= 15 is 0 Å². The van der Waals surface area contributed by atoms with Gasteiger partial charge in [0, 0.05) is 22.2 Å². The van der Waals surface area contributed by atoms with Gasteiger partial charge in [0.15, 0.2) is 0 Å². The number of fused-ring (bicyclic) bond motifs is 1. The molecule has 1 aliphatic rings. The first-order valence-electron chi connectivity index (χ1n) is 7.30. The van der Waals surface area contributed by atoms with E-state index in [-0.39, 0.29) is 40.5 Å². The van der Waals surface area contributed by atoms with Gasteiger partial charge in [-0.15, -0.1) is 0 Å². The van der Waals surface area contributed by atoms with Crippen molar-refractivity contribution < 1.29 is 35.8 Å². The summed E-state index contributed by atoms with van der Waals surface area (Å²) in [5, 5.41) is 10.1. The molecule has 1 atom stereocenters. The van der Waals surface area contributed by atoms with Gasteiger partial charge >= 0.3 is 5.51 Å². The largest absolute Gasteiger partial charge is 0.501 e. The van der Waals surface area contributed by atoms with Crippen LogP contribution in [0.1, 0.15) is 23.7 Å². The Balaban J connectivity index is 2.11. The highest BCUT2D eigenvalue weighted by molar-refractivity contribution is 7.92. The number of halogens is 5. The number of rotatable bonds is 3. The number of ether oxygens (including phenoxy) is 1. The van der Waals surface area contributed by atoms with Gasteiger partial charge in [0.25, 0.3) is 9.84 Å². The lowest BCUT2D eigenvalue weighted by molar-refractivity contribution is -0.0437. The third-order valence-electron chi connectivity index (χ3n) is 3.93. The van der Waals surface area contributed by atoms with Crippen molar-refractivity contribution >= 4 is 21.4 Å². The van der Waals surface area contributed by atoms with Crippen LogP contribution in [0.3, 0.4) is 0 Å². The van der Waals surface area contributed by atoms with E-state index in [4.69, 9.17) is 16.3 Å². The third-order valence-corrected chi connectivity index (χ3v) is 5.70. The Kier molecular flexibility index (Phi) is 4.66. The maximum atomic E-state index is 13.4. The zero-order valence-corrected chi connectivity index (χ0v) is 14.4. The van der Waals surface area contributed by atoms with Gasteiger partial charge in [0.1, 0.15) is 17.3 Å². The summed E-state index contributed by atoms with van der Waals surface area (Å²) < 4.78 is 81.1. The Morgan fingerprint density at radius 3 is 2.50 bits per heavy atom. The third kappa shape index (κ3) is 3.26. The van der Waals surface area contributed by atoms with E-state index < -0.39 is 32.2 Å². The molecule has 2 aromatic rings. The molecule has 3 rings (SSSR count). The van der Waals surface area contributed by atoms with Crippen molar-refractivity contribution in [3.8, 4) is 11.5 Å². The summed E-state index contributed by atoms with van der Waals surface area (Å²) in [6.07, 6.45) is -1.23. The Labute approximate surface area is 150 Å². The molecule has 0 aromatic heterocycles. The van der Waals surface area contributed by atoms with Crippen LogP contribution in [0.2, 0.25) is 5.02 Å². The summed E-state index contributed by atoms with van der Waals surface area (Å²) in [6.45, 7) is 0. The second-order valence-corrected chi connectivity index (χ2v) is 8.01. The van der Waals surface area contributed by atoms with Crippen LogP contribution in [-0.4, -0.2) is 19.0 Å². The molecule has 0 heterocycles. The maximum Gasteiger partial charge on any atom is 0.501 e. The molecule has 0 bridgehead atoms. The Morgan fingerprint density at radius 1 is 1.19 bits per heavy atom. The van der Waals surface area contributed by atoms with E-state index in [9.17, 15) is 31.1 Å². The van der Waals surface area contributed by atoms with Crippen molar-refractivity contribution in [2.24, 2.45) is 0 Å². The van der Waals surface area contributed by atoms with Gasteiger partial charge in [-0.3, -0.25) is 0 Å². The molecule has 0 saturated heterocycles. The van der Waals surface area contributed by atoms with Crippen molar-refractivity contribution in [2.75, 3.05) is 0 Å². The molecule has 140 valence electrons. The Morgan fingerprint density at radius 2 is 1.88 bits per heavy atom. The van der Waals surface area contributed by atoms with Crippen LogP contribution in [0.4, 0.5) is 17.6 Å². The molecule has 10 heteroatoms. The van der Waals surface area contributed by atoms with Crippen LogP contribution in [0.15, 0.2) is 35.2 Å². The van der Waals surface area contributed by atoms with Gasteiger partial charge in [-0.25, -0.2) is 12.8 Å². The minimum Gasteiger partial charge on any atom is -0.457 e. The molecule has 1 N–H and O–H groups in total. The van der Waals surface area contributed by atoms with E-state index in [0.717, 1.165) is 24.3 Å². The monoisotopic (exact) mass is 410 g/mol. The van der Waals surface area contributed by atoms with Crippen LogP contribution < -0.4 is 4.74 Å². The number of alkyl halides is 3. The molecule has 1 aliphatic carbocycles. The highest BCUT2D eigenvalue weighted by Crippen LogP contribution is 2.45. The van der Waals surface area contributed by atoms with Crippen LogP contribution in [0.5, 0.6) is 11.5 Å². The van der Waals surface area contributed by atoms with E-state index in [1.54, 1.807) is 0 Å². The molecule has 0 amide bonds. The fraction of sp³-hybridized carbons (Fsp3) is 0.250. The van der Waals surface area contributed by atoms with E-state index in [2.05, 4.69) is 0 Å². The first-order valence-corrected chi connectivity index (χ1v) is 9.16. The number of aliphatic hydroxyl groups excluding tert-OH is 1. The number of sulfone groups is 1. The molecule has 2 aromatic carbocycles. The van der Waals surface area contributed by atoms with Gasteiger partial charge in [0.2, 0.25) is 0 Å². The van der Waals surface area contributed by atoms with E-state index in [0.29, 0.717) is 0 Å². The van der Waals surface area contributed by atoms with Crippen LogP contribution in [0, 0.1) is 5.82 Å². The lowest BCUT2D eigenvalue weighted by Gasteiger charge is -2.17.